The van der Waals surface area contributed by atoms with E-state index >= 15 is 0 Å². The van der Waals surface area contributed by atoms with Gasteiger partial charge in [0.05, 0.1) is 0 Å². The van der Waals surface area contributed by atoms with Crippen molar-refractivity contribution in [3.8, 4) is 0 Å². The van der Waals surface area contributed by atoms with Crippen molar-refractivity contribution < 1.29 is 32.3 Å². The molecule has 1 heterocycles. The molecule has 3 amide bonds. The Labute approximate surface area is 142 Å². The third-order valence-electron chi connectivity index (χ3n) is 3.56. The first-order valence-corrected chi connectivity index (χ1v) is 7.43. The monoisotopic (exact) mass is 358 g/mol. The molecule has 0 unspecified atom stereocenters. The molecule has 1 aromatic rings. The maximum absolute atomic E-state index is 12.8. The lowest BCUT2D eigenvalue weighted by Gasteiger charge is -2.25. The number of benzene rings is 1. The van der Waals surface area contributed by atoms with E-state index in [1.54, 1.807) is 30.3 Å². The summed E-state index contributed by atoms with van der Waals surface area (Å²) in [6, 6.07) is 8.12. The molecule has 0 radical (unpaired) electrons. The Morgan fingerprint density at radius 2 is 1.80 bits per heavy atom. The van der Waals surface area contributed by atoms with Crippen LogP contribution in [0.15, 0.2) is 30.3 Å². The molecule has 0 N–H and O–H groups in total. The number of ether oxygens (including phenoxy) is 1. The van der Waals surface area contributed by atoms with Gasteiger partial charge in [-0.1, -0.05) is 30.3 Å². The zero-order valence-electron chi connectivity index (χ0n) is 13.7. The summed E-state index contributed by atoms with van der Waals surface area (Å²) in [7, 11) is 0. The lowest BCUT2D eigenvalue weighted by atomic mass is 10.1. The Bertz CT molecular complexity index is 674. The summed E-state index contributed by atoms with van der Waals surface area (Å²) in [4.78, 5) is 37.1. The molecule has 0 atom stereocenters. The lowest BCUT2D eigenvalue weighted by molar-refractivity contribution is -0.163. The molecule has 9 heteroatoms. The van der Waals surface area contributed by atoms with Gasteiger partial charge < -0.3 is 9.64 Å². The van der Waals surface area contributed by atoms with E-state index in [4.69, 9.17) is 4.74 Å². The van der Waals surface area contributed by atoms with Crippen LogP contribution in [-0.4, -0.2) is 52.6 Å². The molecule has 6 nitrogen and oxygen atoms in total. The highest BCUT2D eigenvalue weighted by Gasteiger charge is 2.48. The van der Waals surface area contributed by atoms with Gasteiger partial charge in [-0.3, -0.25) is 9.59 Å². The number of amides is 3. The zero-order chi connectivity index (χ0) is 18.8. The topological polar surface area (TPSA) is 66.9 Å². The Hall–Kier alpha value is -2.58. The highest BCUT2D eigenvalue weighted by molar-refractivity contribution is 6.04. The first-order valence-electron chi connectivity index (χ1n) is 7.43. The Morgan fingerprint density at radius 1 is 1.20 bits per heavy atom. The van der Waals surface area contributed by atoms with E-state index in [1.165, 1.54) is 13.8 Å². The van der Waals surface area contributed by atoms with Crippen molar-refractivity contribution in [3.63, 3.8) is 0 Å². The summed E-state index contributed by atoms with van der Waals surface area (Å²) in [6.07, 6.45) is -5.66. The fourth-order valence-corrected chi connectivity index (χ4v) is 2.35. The van der Waals surface area contributed by atoms with Gasteiger partial charge in [-0.2, -0.15) is 13.2 Å². The van der Waals surface area contributed by atoms with Crippen molar-refractivity contribution in [3.05, 3.63) is 35.9 Å². The van der Waals surface area contributed by atoms with Crippen LogP contribution in [0.25, 0.3) is 0 Å². The number of hydrogen-bond acceptors (Lipinski definition) is 4. The predicted octanol–water partition coefficient (Wildman–Crippen LogP) is 2.33. The van der Waals surface area contributed by atoms with Crippen LogP contribution in [0.5, 0.6) is 0 Å². The van der Waals surface area contributed by atoms with Crippen molar-refractivity contribution >= 4 is 17.9 Å². The normalized spacial score (nSPS) is 16.8. The van der Waals surface area contributed by atoms with E-state index in [9.17, 15) is 27.6 Å². The molecule has 1 fully saturated rings. The highest BCUT2D eigenvalue weighted by Crippen LogP contribution is 2.24. The van der Waals surface area contributed by atoms with E-state index in [0.29, 0.717) is 15.4 Å². The average Bonchev–Trinajstić information content (AvgIpc) is 2.68. The average molecular weight is 358 g/mol. The number of cyclic esters (lactones) is 1. The summed E-state index contributed by atoms with van der Waals surface area (Å²) < 4.78 is 43.2. The number of hydrogen-bond donors (Lipinski definition) is 0. The van der Waals surface area contributed by atoms with Crippen molar-refractivity contribution in [2.75, 3.05) is 13.1 Å². The fraction of sp³-hybridized carbons (Fsp3) is 0.438. The molecule has 1 saturated heterocycles. The summed E-state index contributed by atoms with van der Waals surface area (Å²) in [6.45, 7) is 0.106. The van der Waals surface area contributed by atoms with Gasteiger partial charge in [0, 0.05) is 6.54 Å². The molecular formula is C16H17F3N2O4. The number of nitrogens with zero attached hydrogens (tertiary/aromatic N) is 2. The van der Waals surface area contributed by atoms with Crippen molar-refractivity contribution in [1.82, 2.24) is 9.80 Å². The molecule has 25 heavy (non-hydrogen) atoms. The maximum Gasteiger partial charge on any atom is 0.418 e. The first-order chi connectivity index (χ1) is 11.5. The highest BCUT2D eigenvalue weighted by atomic mass is 19.4. The van der Waals surface area contributed by atoms with Crippen LogP contribution in [0.1, 0.15) is 19.4 Å². The van der Waals surface area contributed by atoms with Gasteiger partial charge in [0.2, 0.25) is 5.91 Å². The van der Waals surface area contributed by atoms with E-state index in [0.717, 1.165) is 0 Å². The molecule has 1 aliphatic rings. The first kappa shape index (κ1) is 18.8. The van der Waals surface area contributed by atoms with Gasteiger partial charge in [0.1, 0.15) is 13.1 Å². The summed E-state index contributed by atoms with van der Waals surface area (Å²) in [5.41, 5.74) is -0.943. The number of alkyl halides is 3. The SMILES string of the molecule is CC1(C)OC(=O)N(CC(=O)N(Cc2ccccc2)CC(F)(F)F)C1=O. The van der Waals surface area contributed by atoms with Gasteiger partial charge >= 0.3 is 12.3 Å². The molecule has 136 valence electrons. The lowest BCUT2D eigenvalue weighted by Crippen LogP contribution is -2.46. The second-order valence-corrected chi connectivity index (χ2v) is 6.12. The summed E-state index contributed by atoms with van der Waals surface area (Å²) in [5, 5.41) is 0. The molecule has 1 aromatic carbocycles. The molecule has 1 aliphatic heterocycles. The third kappa shape index (κ3) is 4.71. The van der Waals surface area contributed by atoms with E-state index < -0.39 is 42.8 Å². The molecule has 2 rings (SSSR count). The van der Waals surface area contributed by atoms with Gasteiger partial charge in [-0.05, 0) is 19.4 Å². The minimum absolute atomic E-state index is 0.292. The van der Waals surface area contributed by atoms with Crippen LogP contribution in [-0.2, 0) is 20.9 Å². The number of halogens is 3. The molecule has 0 aliphatic carbocycles. The van der Waals surface area contributed by atoms with Gasteiger partial charge in [-0.15, -0.1) is 0 Å². The molecular weight excluding hydrogens is 341 g/mol. The second-order valence-electron chi connectivity index (χ2n) is 6.12. The Morgan fingerprint density at radius 3 is 2.28 bits per heavy atom. The predicted molar refractivity (Wildman–Crippen MR) is 80.2 cm³/mol. The third-order valence-corrected chi connectivity index (χ3v) is 3.56. The van der Waals surface area contributed by atoms with Crippen LogP contribution in [0.2, 0.25) is 0 Å². The number of rotatable bonds is 5. The Kier molecular flexibility index (Phi) is 5.05. The number of carbonyl (C=O) groups is 3. The standard InChI is InChI=1S/C16H17F3N2O4/c1-15(2)13(23)21(14(24)25-15)9-12(22)20(10-16(17,18)19)8-11-6-4-3-5-7-11/h3-7H,8-10H2,1-2H3. The molecule has 0 saturated carbocycles. The molecule has 0 aromatic heterocycles. The van der Waals surface area contributed by atoms with Gasteiger partial charge in [-0.25, -0.2) is 9.69 Å². The van der Waals surface area contributed by atoms with Crippen LogP contribution in [0.3, 0.4) is 0 Å². The summed E-state index contributed by atoms with van der Waals surface area (Å²) >= 11 is 0. The second kappa shape index (κ2) is 6.73. The zero-order valence-corrected chi connectivity index (χ0v) is 13.7. The smallest absolute Gasteiger partial charge is 0.418 e. The fourth-order valence-electron chi connectivity index (χ4n) is 2.35. The van der Waals surface area contributed by atoms with Crippen LogP contribution < -0.4 is 0 Å². The van der Waals surface area contributed by atoms with Crippen molar-refractivity contribution in [1.29, 1.82) is 0 Å². The van der Waals surface area contributed by atoms with Crippen LogP contribution in [0.4, 0.5) is 18.0 Å². The number of imide groups is 1. The van der Waals surface area contributed by atoms with Crippen molar-refractivity contribution in [2.24, 2.45) is 0 Å². The van der Waals surface area contributed by atoms with E-state index in [2.05, 4.69) is 0 Å². The molecule has 0 spiro atoms. The van der Waals surface area contributed by atoms with E-state index in [1.807, 2.05) is 0 Å². The van der Waals surface area contributed by atoms with Crippen LogP contribution in [0, 0.1) is 0 Å². The summed E-state index contributed by atoms with van der Waals surface area (Å²) in [5.74, 6) is -1.76. The Balaban J connectivity index is 2.15. The van der Waals surface area contributed by atoms with Crippen LogP contribution >= 0.6 is 0 Å². The maximum atomic E-state index is 12.8. The quantitative estimate of drug-likeness (QED) is 0.810. The van der Waals surface area contributed by atoms with E-state index in [-0.39, 0.29) is 6.54 Å². The minimum Gasteiger partial charge on any atom is -0.433 e. The number of carbonyl (C=O) groups excluding carboxylic acids is 3. The molecule has 0 bridgehead atoms. The van der Waals surface area contributed by atoms with Gasteiger partial charge in [0.15, 0.2) is 5.60 Å². The largest absolute Gasteiger partial charge is 0.433 e. The minimum atomic E-state index is -4.61. The van der Waals surface area contributed by atoms with Gasteiger partial charge in [0.25, 0.3) is 5.91 Å². The van der Waals surface area contributed by atoms with Crippen molar-refractivity contribution in [2.45, 2.75) is 32.2 Å².